The van der Waals surface area contributed by atoms with Crippen molar-refractivity contribution in [3.63, 3.8) is 0 Å². The van der Waals surface area contributed by atoms with Crippen LogP contribution in [0.3, 0.4) is 0 Å². The molecule has 0 unspecified atom stereocenters. The number of aliphatic carboxylic acids is 1. The minimum atomic E-state index is -1.03. The molecule has 1 aliphatic rings. The second-order valence-corrected chi connectivity index (χ2v) is 5.63. The van der Waals surface area contributed by atoms with Crippen LogP contribution in [-0.2, 0) is 16.1 Å². The Bertz CT molecular complexity index is 515. The summed E-state index contributed by atoms with van der Waals surface area (Å²) in [4.78, 5) is 25.1. The van der Waals surface area contributed by atoms with E-state index in [9.17, 15) is 9.59 Å². The standard InChI is InChI=1S/C14H17NO3S/c1-9(10(2)14(17)18)13(16)15(12-3-4-12)7-11-5-6-19-8-11/h5-6,8,12H,3-4,7H2,1-2H3,(H,17,18). The fourth-order valence-corrected chi connectivity index (χ4v) is 2.53. The molecule has 102 valence electrons. The van der Waals surface area contributed by atoms with Crippen LogP contribution in [0.5, 0.6) is 0 Å². The van der Waals surface area contributed by atoms with Gasteiger partial charge in [-0.3, -0.25) is 4.79 Å². The largest absolute Gasteiger partial charge is 0.478 e. The zero-order valence-corrected chi connectivity index (χ0v) is 11.9. The van der Waals surface area contributed by atoms with E-state index in [1.165, 1.54) is 6.92 Å². The van der Waals surface area contributed by atoms with Gasteiger partial charge in [-0.2, -0.15) is 11.3 Å². The Morgan fingerprint density at radius 1 is 1.37 bits per heavy atom. The minimum absolute atomic E-state index is 0.126. The summed E-state index contributed by atoms with van der Waals surface area (Å²) < 4.78 is 0. The zero-order valence-electron chi connectivity index (χ0n) is 11.0. The van der Waals surface area contributed by atoms with Crippen LogP contribution in [0.1, 0.15) is 32.3 Å². The highest BCUT2D eigenvalue weighted by Crippen LogP contribution is 2.30. The summed E-state index contributed by atoms with van der Waals surface area (Å²) in [5.74, 6) is -1.19. The van der Waals surface area contributed by atoms with Gasteiger partial charge in [0.2, 0.25) is 0 Å². The van der Waals surface area contributed by atoms with Crippen LogP contribution in [0.15, 0.2) is 28.0 Å². The van der Waals surface area contributed by atoms with E-state index in [4.69, 9.17) is 5.11 Å². The van der Waals surface area contributed by atoms with E-state index >= 15 is 0 Å². The van der Waals surface area contributed by atoms with Gasteiger partial charge >= 0.3 is 5.97 Å². The van der Waals surface area contributed by atoms with E-state index < -0.39 is 5.97 Å². The first-order valence-corrected chi connectivity index (χ1v) is 7.17. The number of carbonyl (C=O) groups excluding carboxylic acids is 1. The van der Waals surface area contributed by atoms with Crippen molar-refractivity contribution < 1.29 is 14.7 Å². The molecule has 1 N–H and O–H groups in total. The van der Waals surface area contributed by atoms with Crippen LogP contribution in [-0.4, -0.2) is 27.9 Å². The second kappa shape index (κ2) is 5.57. The summed E-state index contributed by atoms with van der Waals surface area (Å²) >= 11 is 1.60. The Balaban J connectivity index is 2.18. The number of carboxylic acid groups (broad SMARTS) is 1. The lowest BCUT2D eigenvalue weighted by Crippen LogP contribution is -2.33. The first-order chi connectivity index (χ1) is 9.00. The van der Waals surface area contributed by atoms with Crippen molar-refractivity contribution in [2.45, 2.75) is 39.3 Å². The fourth-order valence-electron chi connectivity index (χ4n) is 1.87. The molecule has 5 heteroatoms. The maximum atomic E-state index is 12.4. The molecule has 19 heavy (non-hydrogen) atoms. The predicted molar refractivity (Wildman–Crippen MR) is 73.9 cm³/mol. The first kappa shape index (κ1) is 13.8. The van der Waals surface area contributed by atoms with Crippen molar-refractivity contribution in [1.82, 2.24) is 4.90 Å². The van der Waals surface area contributed by atoms with Crippen LogP contribution in [0.25, 0.3) is 0 Å². The van der Waals surface area contributed by atoms with Crippen molar-refractivity contribution >= 4 is 23.2 Å². The van der Waals surface area contributed by atoms with E-state index in [2.05, 4.69) is 0 Å². The highest BCUT2D eigenvalue weighted by atomic mass is 32.1. The SMILES string of the molecule is CC(C(=O)O)=C(C)C(=O)N(Cc1ccsc1)C1CC1. The zero-order chi connectivity index (χ0) is 14.0. The number of carbonyl (C=O) groups is 2. The Morgan fingerprint density at radius 2 is 2.05 bits per heavy atom. The van der Waals surface area contributed by atoms with Crippen LogP contribution in [0, 0.1) is 0 Å². The number of amides is 1. The molecule has 2 rings (SSSR count). The molecule has 1 amide bonds. The molecular weight excluding hydrogens is 262 g/mol. The topological polar surface area (TPSA) is 57.6 Å². The Labute approximate surface area is 116 Å². The molecule has 0 spiro atoms. The van der Waals surface area contributed by atoms with Gasteiger partial charge in [-0.05, 0) is 49.1 Å². The number of thiophene rings is 1. The molecule has 1 aromatic rings. The normalized spacial score (nSPS) is 15.9. The lowest BCUT2D eigenvalue weighted by Gasteiger charge is -2.23. The third kappa shape index (κ3) is 3.23. The van der Waals surface area contributed by atoms with Gasteiger partial charge in [0.1, 0.15) is 0 Å². The van der Waals surface area contributed by atoms with Crippen LogP contribution >= 0.6 is 11.3 Å². The summed E-state index contributed by atoms with van der Waals surface area (Å²) in [5, 5.41) is 13.0. The van der Waals surface area contributed by atoms with Gasteiger partial charge in [0, 0.05) is 23.7 Å². The van der Waals surface area contributed by atoms with Gasteiger partial charge < -0.3 is 10.0 Å². The average Bonchev–Trinajstić information content (AvgIpc) is 3.10. The Morgan fingerprint density at radius 3 is 2.53 bits per heavy atom. The number of rotatable bonds is 5. The van der Waals surface area contributed by atoms with Gasteiger partial charge in [-0.1, -0.05) is 0 Å². The summed E-state index contributed by atoms with van der Waals surface area (Å²) in [6.45, 7) is 3.64. The van der Waals surface area contributed by atoms with Crippen molar-refractivity contribution in [3.8, 4) is 0 Å². The average molecular weight is 279 g/mol. The fraction of sp³-hybridized carbons (Fsp3) is 0.429. The lowest BCUT2D eigenvalue weighted by molar-refractivity contribution is -0.134. The molecule has 1 saturated carbocycles. The van der Waals surface area contributed by atoms with Gasteiger partial charge in [0.25, 0.3) is 5.91 Å². The van der Waals surface area contributed by atoms with Crippen molar-refractivity contribution in [1.29, 1.82) is 0 Å². The molecule has 1 fully saturated rings. The van der Waals surface area contributed by atoms with Gasteiger partial charge in [0.15, 0.2) is 0 Å². The van der Waals surface area contributed by atoms with Crippen LogP contribution < -0.4 is 0 Å². The molecule has 0 aliphatic heterocycles. The summed E-state index contributed by atoms with van der Waals surface area (Å²) in [5.41, 5.74) is 1.56. The maximum Gasteiger partial charge on any atom is 0.331 e. The van der Waals surface area contributed by atoms with E-state index in [1.54, 1.807) is 23.2 Å². The Kier molecular flexibility index (Phi) is 4.04. The van der Waals surface area contributed by atoms with Crippen molar-refractivity contribution in [3.05, 3.63) is 33.5 Å². The van der Waals surface area contributed by atoms with E-state index in [0.717, 1.165) is 18.4 Å². The van der Waals surface area contributed by atoms with Crippen LogP contribution in [0.2, 0.25) is 0 Å². The predicted octanol–water partition coefficient (Wildman–Crippen LogP) is 2.66. The highest BCUT2D eigenvalue weighted by molar-refractivity contribution is 7.07. The van der Waals surface area contributed by atoms with Gasteiger partial charge in [-0.15, -0.1) is 0 Å². The molecule has 1 aliphatic carbocycles. The third-order valence-electron chi connectivity index (χ3n) is 3.39. The summed E-state index contributed by atoms with van der Waals surface area (Å²) in [6.07, 6.45) is 2.02. The van der Waals surface area contributed by atoms with Gasteiger partial charge in [-0.25, -0.2) is 4.79 Å². The second-order valence-electron chi connectivity index (χ2n) is 4.85. The molecule has 1 aromatic heterocycles. The Hall–Kier alpha value is -1.62. The highest BCUT2D eigenvalue weighted by Gasteiger charge is 2.33. The maximum absolute atomic E-state index is 12.4. The summed E-state index contributed by atoms with van der Waals surface area (Å²) in [6, 6.07) is 2.26. The molecule has 0 radical (unpaired) electrons. The number of hydrogen-bond donors (Lipinski definition) is 1. The third-order valence-corrected chi connectivity index (χ3v) is 4.12. The number of hydrogen-bond acceptors (Lipinski definition) is 3. The molecule has 4 nitrogen and oxygen atoms in total. The molecule has 0 aromatic carbocycles. The minimum Gasteiger partial charge on any atom is -0.478 e. The van der Waals surface area contributed by atoms with Crippen LogP contribution in [0.4, 0.5) is 0 Å². The molecule has 0 bridgehead atoms. The van der Waals surface area contributed by atoms with E-state index in [-0.39, 0.29) is 17.5 Å². The van der Waals surface area contributed by atoms with E-state index in [0.29, 0.717) is 12.1 Å². The summed E-state index contributed by atoms with van der Waals surface area (Å²) in [7, 11) is 0. The number of carboxylic acids is 1. The molecular formula is C14H17NO3S. The monoisotopic (exact) mass is 279 g/mol. The van der Waals surface area contributed by atoms with Gasteiger partial charge in [0.05, 0.1) is 0 Å². The molecule has 1 heterocycles. The number of nitrogens with zero attached hydrogens (tertiary/aromatic N) is 1. The van der Waals surface area contributed by atoms with Crippen molar-refractivity contribution in [2.24, 2.45) is 0 Å². The molecule has 0 saturated heterocycles. The smallest absolute Gasteiger partial charge is 0.331 e. The quantitative estimate of drug-likeness (QED) is 0.843. The molecule has 0 atom stereocenters. The first-order valence-electron chi connectivity index (χ1n) is 6.23. The van der Waals surface area contributed by atoms with Crippen molar-refractivity contribution in [2.75, 3.05) is 0 Å². The van der Waals surface area contributed by atoms with E-state index in [1.807, 2.05) is 16.8 Å². The lowest BCUT2D eigenvalue weighted by atomic mass is 10.1.